The Bertz CT molecular complexity index is 1040. The fourth-order valence-corrected chi connectivity index (χ4v) is 4.20. The SMILES string of the molecule is CCc1ccc(C(=O)CN2C(=O)N[C@H](Cc3c[nH]c4ccccc34)C2=O)s1. The summed E-state index contributed by atoms with van der Waals surface area (Å²) in [6.07, 6.45) is 3.10. The Hall–Kier alpha value is -2.93. The fourth-order valence-electron chi connectivity index (χ4n) is 3.32. The number of aromatic amines is 1. The number of nitrogens with zero attached hydrogens (tertiary/aromatic N) is 1. The largest absolute Gasteiger partial charge is 0.361 e. The van der Waals surface area contributed by atoms with Crippen LogP contribution in [0.5, 0.6) is 0 Å². The molecule has 0 unspecified atom stereocenters. The van der Waals surface area contributed by atoms with Crippen LogP contribution in [0.4, 0.5) is 4.79 Å². The maximum Gasteiger partial charge on any atom is 0.325 e. The minimum Gasteiger partial charge on any atom is -0.361 e. The molecule has 0 spiro atoms. The first kappa shape index (κ1) is 17.5. The highest BCUT2D eigenvalue weighted by atomic mass is 32.1. The van der Waals surface area contributed by atoms with Crippen molar-refractivity contribution in [2.24, 2.45) is 0 Å². The second-order valence-electron chi connectivity index (χ2n) is 6.53. The van der Waals surface area contributed by atoms with Crippen molar-refractivity contribution in [1.29, 1.82) is 0 Å². The first-order chi connectivity index (χ1) is 13.1. The summed E-state index contributed by atoms with van der Waals surface area (Å²) in [6.45, 7) is 1.80. The van der Waals surface area contributed by atoms with Gasteiger partial charge in [0.05, 0.1) is 11.4 Å². The van der Waals surface area contributed by atoms with Crippen LogP contribution >= 0.6 is 11.3 Å². The normalized spacial score (nSPS) is 16.9. The molecule has 1 aliphatic heterocycles. The number of hydrogen-bond donors (Lipinski definition) is 2. The molecule has 1 aromatic carbocycles. The smallest absolute Gasteiger partial charge is 0.325 e. The van der Waals surface area contributed by atoms with Gasteiger partial charge in [-0.1, -0.05) is 25.1 Å². The van der Waals surface area contributed by atoms with E-state index in [9.17, 15) is 14.4 Å². The van der Waals surface area contributed by atoms with Gasteiger partial charge in [-0.3, -0.25) is 14.5 Å². The molecule has 27 heavy (non-hydrogen) atoms. The number of hydrogen-bond acceptors (Lipinski definition) is 4. The van der Waals surface area contributed by atoms with E-state index in [0.29, 0.717) is 11.3 Å². The van der Waals surface area contributed by atoms with Gasteiger partial charge in [-0.25, -0.2) is 4.79 Å². The molecule has 1 atom stereocenters. The average Bonchev–Trinajstić information content (AvgIpc) is 3.37. The first-order valence-corrected chi connectivity index (χ1v) is 9.67. The molecule has 7 heteroatoms. The maximum atomic E-state index is 12.7. The van der Waals surface area contributed by atoms with E-state index in [0.717, 1.165) is 32.7 Å². The molecule has 0 aliphatic carbocycles. The molecule has 1 aliphatic rings. The van der Waals surface area contributed by atoms with Crippen LogP contribution in [0.1, 0.15) is 27.0 Å². The van der Waals surface area contributed by atoms with Crippen molar-refractivity contribution < 1.29 is 14.4 Å². The minimum atomic E-state index is -0.654. The number of fused-ring (bicyclic) bond motifs is 1. The number of carbonyl (C=O) groups excluding carboxylic acids is 3. The second-order valence-corrected chi connectivity index (χ2v) is 7.70. The molecule has 3 amide bonds. The van der Waals surface area contributed by atoms with E-state index in [4.69, 9.17) is 0 Å². The summed E-state index contributed by atoms with van der Waals surface area (Å²) < 4.78 is 0. The number of para-hydroxylation sites is 1. The molecule has 2 N–H and O–H groups in total. The van der Waals surface area contributed by atoms with E-state index in [1.165, 1.54) is 11.3 Å². The van der Waals surface area contributed by atoms with Crippen molar-refractivity contribution in [3.05, 3.63) is 57.9 Å². The van der Waals surface area contributed by atoms with E-state index in [-0.39, 0.29) is 18.2 Å². The number of carbonyl (C=O) groups is 3. The number of amides is 3. The number of H-pyrrole nitrogens is 1. The van der Waals surface area contributed by atoms with Crippen LogP contribution < -0.4 is 5.32 Å². The van der Waals surface area contributed by atoms with Gasteiger partial charge in [-0.2, -0.15) is 0 Å². The molecule has 3 heterocycles. The molecule has 6 nitrogen and oxygen atoms in total. The Kier molecular flexibility index (Phi) is 4.53. The van der Waals surface area contributed by atoms with E-state index in [1.54, 1.807) is 6.07 Å². The van der Waals surface area contributed by atoms with Crippen molar-refractivity contribution in [3.63, 3.8) is 0 Å². The highest BCUT2D eigenvalue weighted by Crippen LogP contribution is 2.22. The van der Waals surface area contributed by atoms with Gasteiger partial charge in [-0.15, -0.1) is 11.3 Å². The lowest BCUT2D eigenvalue weighted by molar-refractivity contribution is -0.127. The van der Waals surface area contributed by atoms with E-state index < -0.39 is 12.1 Å². The summed E-state index contributed by atoms with van der Waals surface area (Å²) in [5.41, 5.74) is 1.95. The molecule has 0 bridgehead atoms. The second kappa shape index (κ2) is 7.00. The number of thiophene rings is 1. The highest BCUT2D eigenvalue weighted by molar-refractivity contribution is 7.14. The topological polar surface area (TPSA) is 82.3 Å². The molecule has 0 radical (unpaired) electrons. The minimum absolute atomic E-state index is 0.212. The molecule has 3 aromatic rings. The Morgan fingerprint density at radius 2 is 2.00 bits per heavy atom. The summed E-state index contributed by atoms with van der Waals surface area (Å²) in [7, 11) is 0. The zero-order chi connectivity index (χ0) is 19.0. The summed E-state index contributed by atoms with van der Waals surface area (Å²) >= 11 is 1.41. The fraction of sp³-hybridized carbons (Fsp3) is 0.250. The number of nitrogens with one attached hydrogen (secondary N) is 2. The van der Waals surface area contributed by atoms with Gasteiger partial charge in [0.15, 0.2) is 5.78 Å². The van der Waals surface area contributed by atoms with Gasteiger partial charge in [0.1, 0.15) is 6.04 Å². The number of rotatable bonds is 6. The van der Waals surface area contributed by atoms with Crippen LogP contribution in [-0.4, -0.2) is 40.2 Å². The summed E-state index contributed by atoms with van der Waals surface area (Å²) in [6, 6.07) is 10.3. The molecule has 0 saturated carbocycles. The summed E-state index contributed by atoms with van der Waals surface area (Å²) in [5.74, 6) is -0.568. The third-order valence-corrected chi connectivity index (χ3v) is 6.06. The van der Waals surface area contributed by atoms with Crippen molar-refractivity contribution in [1.82, 2.24) is 15.2 Å². The Morgan fingerprint density at radius 3 is 2.78 bits per heavy atom. The lowest BCUT2D eigenvalue weighted by Crippen LogP contribution is -2.36. The Balaban J connectivity index is 1.47. The van der Waals surface area contributed by atoms with Crippen LogP contribution in [0.2, 0.25) is 0 Å². The molecule has 138 valence electrons. The third kappa shape index (κ3) is 3.26. The van der Waals surface area contributed by atoms with Gasteiger partial charge in [0, 0.05) is 28.4 Å². The lowest BCUT2D eigenvalue weighted by atomic mass is 10.1. The number of aromatic nitrogens is 1. The lowest BCUT2D eigenvalue weighted by Gasteiger charge is -2.11. The van der Waals surface area contributed by atoms with Crippen molar-refractivity contribution in [2.45, 2.75) is 25.8 Å². The third-order valence-electron chi connectivity index (χ3n) is 4.79. The number of imide groups is 1. The first-order valence-electron chi connectivity index (χ1n) is 8.85. The van der Waals surface area contributed by atoms with Gasteiger partial charge in [0.2, 0.25) is 0 Å². The molecule has 1 fully saturated rings. The van der Waals surface area contributed by atoms with Crippen LogP contribution in [0.3, 0.4) is 0 Å². The monoisotopic (exact) mass is 381 g/mol. The number of ketones is 1. The predicted molar refractivity (Wildman–Crippen MR) is 104 cm³/mol. The number of aryl methyl sites for hydroxylation is 1. The standard InChI is InChI=1S/C20H19N3O3S/c1-2-13-7-8-18(27-13)17(24)11-23-19(25)16(22-20(23)26)9-12-10-21-15-6-4-3-5-14(12)15/h3-8,10,16,21H,2,9,11H2,1H3,(H,22,26)/t16-/m1/s1. The summed E-state index contributed by atoms with van der Waals surface area (Å²) in [4.78, 5) is 43.3. The van der Waals surface area contributed by atoms with Crippen molar-refractivity contribution in [3.8, 4) is 0 Å². The summed E-state index contributed by atoms with van der Waals surface area (Å²) in [5, 5.41) is 3.73. The van der Waals surface area contributed by atoms with Gasteiger partial charge >= 0.3 is 6.03 Å². The molecule has 4 rings (SSSR count). The van der Waals surface area contributed by atoms with Crippen molar-refractivity contribution in [2.75, 3.05) is 6.54 Å². The number of urea groups is 1. The number of benzene rings is 1. The molecular formula is C20H19N3O3S. The zero-order valence-corrected chi connectivity index (χ0v) is 15.6. The van der Waals surface area contributed by atoms with Gasteiger partial charge < -0.3 is 10.3 Å². The van der Waals surface area contributed by atoms with E-state index in [2.05, 4.69) is 10.3 Å². The van der Waals surface area contributed by atoms with Gasteiger partial charge in [-0.05, 0) is 30.2 Å². The highest BCUT2D eigenvalue weighted by Gasteiger charge is 2.39. The van der Waals surface area contributed by atoms with Crippen LogP contribution in [-0.2, 0) is 17.6 Å². The van der Waals surface area contributed by atoms with E-state index in [1.807, 2.05) is 43.5 Å². The molecule has 1 saturated heterocycles. The Labute approximate surface area is 160 Å². The number of Topliss-reactive ketones (excluding diaryl/α,β-unsaturated/α-hetero) is 1. The molecular weight excluding hydrogens is 362 g/mol. The van der Waals surface area contributed by atoms with Crippen LogP contribution in [0.25, 0.3) is 10.9 Å². The quantitative estimate of drug-likeness (QED) is 0.508. The van der Waals surface area contributed by atoms with Crippen LogP contribution in [0, 0.1) is 0 Å². The van der Waals surface area contributed by atoms with Gasteiger partial charge in [0.25, 0.3) is 5.91 Å². The Morgan fingerprint density at radius 1 is 1.19 bits per heavy atom. The van der Waals surface area contributed by atoms with Crippen LogP contribution in [0.15, 0.2) is 42.6 Å². The van der Waals surface area contributed by atoms with Crippen molar-refractivity contribution >= 4 is 40.0 Å². The van der Waals surface area contributed by atoms with E-state index >= 15 is 0 Å². The molecule has 2 aromatic heterocycles. The maximum absolute atomic E-state index is 12.7. The average molecular weight is 381 g/mol. The zero-order valence-electron chi connectivity index (χ0n) is 14.8. The predicted octanol–water partition coefficient (Wildman–Crippen LogP) is 3.14.